The van der Waals surface area contributed by atoms with Crippen molar-refractivity contribution in [2.24, 2.45) is 5.41 Å². The van der Waals surface area contributed by atoms with Crippen LogP contribution in [0.3, 0.4) is 0 Å². The Kier molecular flexibility index (Phi) is 3.50. The molecule has 2 N–H and O–H groups in total. The van der Waals surface area contributed by atoms with Gasteiger partial charge in [0.1, 0.15) is 6.10 Å². The highest BCUT2D eigenvalue weighted by molar-refractivity contribution is 7.18. The first kappa shape index (κ1) is 14.0. The van der Waals surface area contributed by atoms with E-state index in [0.29, 0.717) is 16.4 Å². The molecule has 1 saturated heterocycles. The minimum atomic E-state index is 0.285. The van der Waals surface area contributed by atoms with E-state index < -0.39 is 0 Å². The van der Waals surface area contributed by atoms with Crippen molar-refractivity contribution in [3.63, 3.8) is 0 Å². The number of thiazole rings is 1. The quantitative estimate of drug-likeness (QED) is 0.942. The highest BCUT2D eigenvalue weighted by atomic mass is 32.1. The Labute approximate surface area is 133 Å². The van der Waals surface area contributed by atoms with Gasteiger partial charge in [0.05, 0.1) is 10.6 Å². The number of anilines is 1. The van der Waals surface area contributed by atoms with Crippen molar-refractivity contribution < 1.29 is 9.47 Å². The summed E-state index contributed by atoms with van der Waals surface area (Å²) in [5, 5.41) is 0.559. The molecule has 5 nitrogen and oxygen atoms in total. The van der Waals surface area contributed by atoms with E-state index in [1.807, 2.05) is 18.2 Å². The van der Waals surface area contributed by atoms with Gasteiger partial charge in [0.15, 0.2) is 5.13 Å². The second-order valence-corrected chi connectivity index (χ2v) is 7.25. The summed E-state index contributed by atoms with van der Waals surface area (Å²) in [5.41, 5.74) is 7.02. The fourth-order valence-corrected chi connectivity index (χ4v) is 4.05. The first-order valence-electron chi connectivity index (χ1n) is 7.66. The summed E-state index contributed by atoms with van der Waals surface area (Å²) in [6.45, 7) is 1.79. The third-order valence-corrected chi connectivity index (χ3v) is 5.51. The van der Waals surface area contributed by atoms with Crippen LogP contribution in [0.5, 0.6) is 5.88 Å². The number of nitrogens with zero attached hydrogens (tertiary/aromatic N) is 2. The molecule has 1 spiro atoms. The van der Waals surface area contributed by atoms with Crippen molar-refractivity contribution >= 4 is 16.5 Å². The van der Waals surface area contributed by atoms with Gasteiger partial charge in [-0.05, 0) is 37.2 Å². The predicted octanol–water partition coefficient (Wildman–Crippen LogP) is 3.13. The molecule has 0 bridgehead atoms. The second kappa shape index (κ2) is 5.52. The molecule has 22 heavy (non-hydrogen) atoms. The molecule has 0 radical (unpaired) electrons. The number of pyridine rings is 1. The standard InChI is InChI=1S/C16H19N3O2S/c17-15-18-10-13(22-15)12-2-1-3-14(19-12)21-11-8-16(9-11)4-6-20-7-5-16/h1-3,10-11H,4-9H2,(H2,17,18). The Hall–Kier alpha value is -1.66. The monoisotopic (exact) mass is 317 g/mol. The summed E-state index contributed by atoms with van der Waals surface area (Å²) >= 11 is 1.44. The van der Waals surface area contributed by atoms with Gasteiger partial charge in [-0.3, -0.25) is 0 Å². The van der Waals surface area contributed by atoms with Crippen molar-refractivity contribution in [1.29, 1.82) is 0 Å². The normalized spacial score (nSPS) is 20.7. The molecule has 1 saturated carbocycles. The van der Waals surface area contributed by atoms with Gasteiger partial charge >= 0.3 is 0 Å². The average Bonchev–Trinajstić information content (AvgIpc) is 2.94. The zero-order valence-corrected chi connectivity index (χ0v) is 13.1. The predicted molar refractivity (Wildman–Crippen MR) is 85.9 cm³/mol. The lowest BCUT2D eigenvalue weighted by Crippen LogP contribution is -2.47. The van der Waals surface area contributed by atoms with Crippen LogP contribution in [-0.2, 0) is 4.74 Å². The maximum absolute atomic E-state index is 6.05. The third kappa shape index (κ3) is 2.68. The number of hydrogen-bond donors (Lipinski definition) is 1. The average molecular weight is 317 g/mol. The number of ether oxygens (including phenoxy) is 2. The molecule has 1 aliphatic carbocycles. The summed E-state index contributed by atoms with van der Waals surface area (Å²) in [7, 11) is 0. The van der Waals surface area contributed by atoms with Crippen molar-refractivity contribution in [3.05, 3.63) is 24.4 Å². The molecule has 2 aliphatic rings. The summed E-state index contributed by atoms with van der Waals surface area (Å²) in [4.78, 5) is 9.62. The van der Waals surface area contributed by atoms with Crippen LogP contribution in [0.1, 0.15) is 25.7 Å². The molecule has 1 aliphatic heterocycles. The Balaban J connectivity index is 1.42. The van der Waals surface area contributed by atoms with Gasteiger partial charge in [0.2, 0.25) is 5.88 Å². The smallest absolute Gasteiger partial charge is 0.214 e. The molecule has 0 aromatic carbocycles. The summed E-state index contributed by atoms with van der Waals surface area (Å²) in [6.07, 6.45) is 6.62. The van der Waals surface area contributed by atoms with Gasteiger partial charge in [-0.1, -0.05) is 17.4 Å². The Morgan fingerprint density at radius 1 is 1.27 bits per heavy atom. The van der Waals surface area contributed by atoms with Crippen LogP contribution < -0.4 is 10.5 Å². The van der Waals surface area contributed by atoms with E-state index in [1.54, 1.807) is 6.20 Å². The first-order valence-corrected chi connectivity index (χ1v) is 8.47. The molecule has 0 atom stereocenters. The number of nitrogens with two attached hydrogens (primary N) is 1. The largest absolute Gasteiger partial charge is 0.474 e. The lowest BCUT2D eigenvalue weighted by Gasteiger charge is -2.49. The van der Waals surface area contributed by atoms with E-state index >= 15 is 0 Å². The van der Waals surface area contributed by atoms with Crippen LogP contribution >= 0.6 is 11.3 Å². The van der Waals surface area contributed by atoms with Crippen molar-refractivity contribution in [2.75, 3.05) is 18.9 Å². The van der Waals surface area contributed by atoms with Crippen LogP contribution in [0.25, 0.3) is 10.6 Å². The Morgan fingerprint density at radius 3 is 2.82 bits per heavy atom. The number of aromatic nitrogens is 2. The van der Waals surface area contributed by atoms with Gasteiger partial charge in [-0.25, -0.2) is 9.97 Å². The van der Waals surface area contributed by atoms with E-state index in [4.69, 9.17) is 15.2 Å². The first-order chi connectivity index (χ1) is 10.7. The molecule has 3 heterocycles. The summed E-state index contributed by atoms with van der Waals surface area (Å²) in [6, 6.07) is 5.85. The second-order valence-electron chi connectivity index (χ2n) is 6.18. The number of rotatable bonds is 3. The van der Waals surface area contributed by atoms with E-state index in [0.717, 1.165) is 36.6 Å². The zero-order valence-electron chi connectivity index (χ0n) is 12.3. The Bertz CT molecular complexity index is 659. The summed E-state index contributed by atoms with van der Waals surface area (Å²) in [5.74, 6) is 0.691. The highest BCUT2D eigenvalue weighted by Gasteiger charge is 2.46. The molecule has 4 rings (SSSR count). The fraction of sp³-hybridized carbons (Fsp3) is 0.500. The minimum Gasteiger partial charge on any atom is -0.474 e. The van der Waals surface area contributed by atoms with Crippen LogP contribution in [0.4, 0.5) is 5.13 Å². The van der Waals surface area contributed by atoms with Gasteiger partial charge in [-0.2, -0.15) is 0 Å². The van der Waals surface area contributed by atoms with Gasteiger partial charge < -0.3 is 15.2 Å². The van der Waals surface area contributed by atoms with Crippen molar-refractivity contribution in [1.82, 2.24) is 9.97 Å². The zero-order chi connectivity index (χ0) is 15.0. The van der Waals surface area contributed by atoms with Crippen molar-refractivity contribution in [3.8, 4) is 16.5 Å². The SMILES string of the molecule is Nc1ncc(-c2cccc(OC3CC4(CCOCC4)C3)n2)s1. The van der Waals surface area contributed by atoms with E-state index in [1.165, 1.54) is 24.2 Å². The van der Waals surface area contributed by atoms with E-state index in [-0.39, 0.29) is 6.10 Å². The van der Waals surface area contributed by atoms with Gasteiger partial charge in [0.25, 0.3) is 0 Å². The lowest BCUT2D eigenvalue weighted by atomic mass is 9.62. The van der Waals surface area contributed by atoms with Crippen LogP contribution in [-0.4, -0.2) is 29.3 Å². The maximum atomic E-state index is 6.05. The highest BCUT2D eigenvalue weighted by Crippen LogP contribution is 2.49. The fourth-order valence-electron chi connectivity index (χ4n) is 3.40. The lowest BCUT2D eigenvalue weighted by molar-refractivity contribution is -0.0868. The molecule has 2 aromatic heterocycles. The van der Waals surface area contributed by atoms with Crippen LogP contribution in [0, 0.1) is 5.41 Å². The Morgan fingerprint density at radius 2 is 2.09 bits per heavy atom. The van der Waals surface area contributed by atoms with Crippen LogP contribution in [0.15, 0.2) is 24.4 Å². The molecular formula is C16H19N3O2S. The molecule has 6 heteroatoms. The molecule has 0 amide bonds. The maximum Gasteiger partial charge on any atom is 0.214 e. The minimum absolute atomic E-state index is 0.285. The van der Waals surface area contributed by atoms with Gasteiger partial charge in [0, 0.05) is 25.5 Å². The third-order valence-electron chi connectivity index (χ3n) is 4.66. The van der Waals surface area contributed by atoms with Crippen molar-refractivity contribution in [2.45, 2.75) is 31.8 Å². The van der Waals surface area contributed by atoms with Gasteiger partial charge in [-0.15, -0.1) is 0 Å². The molecule has 0 unspecified atom stereocenters. The van der Waals surface area contributed by atoms with E-state index in [9.17, 15) is 0 Å². The number of hydrogen-bond acceptors (Lipinski definition) is 6. The topological polar surface area (TPSA) is 70.3 Å². The molecule has 116 valence electrons. The molecular weight excluding hydrogens is 298 g/mol. The summed E-state index contributed by atoms with van der Waals surface area (Å²) < 4.78 is 11.5. The molecule has 2 fully saturated rings. The van der Waals surface area contributed by atoms with Crippen LogP contribution in [0.2, 0.25) is 0 Å². The number of nitrogen functional groups attached to an aromatic ring is 1. The molecule has 2 aromatic rings. The van der Waals surface area contributed by atoms with E-state index in [2.05, 4.69) is 9.97 Å².